The molecule has 1 amide bonds. The predicted molar refractivity (Wildman–Crippen MR) is 145 cm³/mol. The van der Waals surface area contributed by atoms with Gasteiger partial charge in [-0.3, -0.25) is 4.79 Å². The van der Waals surface area contributed by atoms with Crippen molar-refractivity contribution in [1.82, 2.24) is 14.9 Å². The highest BCUT2D eigenvalue weighted by Gasteiger charge is 2.12. The maximum absolute atomic E-state index is 12.3. The average Bonchev–Trinajstić information content (AvgIpc) is 3.23. The molecule has 1 heterocycles. The molecule has 4 aromatic rings. The number of aryl methyl sites for hydroxylation is 1. The van der Waals surface area contributed by atoms with Gasteiger partial charge >= 0.3 is 0 Å². The number of fused-ring (bicyclic) bond motifs is 1. The minimum Gasteiger partial charge on any atom is -0.352 e. The summed E-state index contributed by atoms with van der Waals surface area (Å²) >= 11 is 6.11. The van der Waals surface area contributed by atoms with Crippen molar-refractivity contribution >= 4 is 28.5 Å². The van der Waals surface area contributed by atoms with Gasteiger partial charge in [0.25, 0.3) is 5.91 Å². The summed E-state index contributed by atoms with van der Waals surface area (Å²) in [5.41, 5.74) is 5.45. The first-order valence-electron chi connectivity index (χ1n) is 12.6. The third kappa shape index (κ3) is 6.32. The number of carbonyl (C=O) groups excluding carboxylic acids is 1. The molecule has 0 bridgehead atoms. The number of benzene rings is 3. The van der Waals surface area contributed by atoms with E-state index in [-0.39, 0.29) is 5.91 Å². The first-order valence-corrected chi connectivity index (χ1v) is 13.0. The van der Waals surface area contributed by atoms with Gasteiger partial charge in [0.2, 0.25) is 0 Å². The van der Waals surface area contributed by atoms with E-state index in [0.717, 1.165) is 50.0 Å². The number of hydrogen-bond donors (Lipinski definition) is 1. The molecule has 35 heavy (non-hydrogen) atoms. The van der Waals surface area contributed by atoms with Crippen LogP contribution in [0.1, 0.15) is 72.8 Å². The van der Waals surface area contributed by atoms with Crippen molar-refractivity contribution in [2.24, 2.45) is 0 Å². The zero-order chi connectivity index (χ0) is 24.6. The number of rotatable bonds is 11. The van der Waals surface area contributed by atoms with E-state index < -0.39 is 0 Å². The normalized spacial score (nSPS) is 12.1. The molecular weight excluding hydrogens is 454 g/mol. The van der Waals surface area contributed by atoms with Crippen molar-refractivity contribution in [1.29, 1.82) is 0 Å². The fraction of sp³-hybridized carbons (Fsp3) is 0.333. The molecule has 1 unspecified atom stereocenters. The van der Waals surface area contributed by atoms with Gasteiger partial charge in [0.15, 0.2) is 0 Å². The zero-order valence-electron chi connectivity index (χ0n) is 20.6. The largest absolute Gasteiger partial charge is 0.352 e. The van der Waals surface area contributed by atoms with Gasteiger partial charge in [-0.15, -0.1) is 0 Å². The number of unbranched alkanes of at least 4 members (excludes halogenated alkanes) is 2. The Morgan fingerprint density at radius 3 is 2.49 bits per heavy atom. The van der Waals surface area contributed by atoms with Crippen molar-refractivity contribution < 1.29 is 4.79 Å². The lowest BCUT2D eigenvalue weighted by Crippen LogP contribution is -2.24. The van der Waals surface area contributed by atoms with E-state index in [1.165, 1.54) is 16.6 Å². The Balaban J connectivity index is 1.34. The van der Waals surface area contributed by atoms with Crippen LogP contribution in [0.4, 0.5) is 0 Å². The summed E-state index contributed by atoms with van der Waals surface area (Å²) in [7, 11) is 0. The number of para-hydroxylation sites is 2. The molecule has 0 spiro atoms. The molecule has 4 rings (SSSR count). The monoisotopic (exact) mass is 487 g/mol. The Hall–Kier alpha value is -3.11. The summed E-state index contributed by atoms with van der Waals surface area (Å²) in [6.07, 6.45) is 5.04. The average molecular weight is 488 g/mol. The van der Waals surface area contributed by atoms with E-state index in [1.54, 1.807) is 12.1 Å². The van der Waals surface area contributed by atoms with Crippen LogP contribution in [0.3, 0.4) is 0 Å². The predicted octanol–water partition coefficient (Wildman–Crippen LogP) is 7.39. The number of nitrogens with one attached hydrogen (secondary N) is 1. The molecule has 0 aliphatic rings. The van der Waals surface area contributed by atoms with Crippen molar-refractivity contribution in [3.05, 3.63) is 100 Å². The summed E-state index contributed by atoms with van der Waals surface area (Å²) in [6.45, 7) is 5.97. The summed E-state index contributed by atoms with van der Waals surface area (Å²) in [4.78, 5) is 17.2. The fourth-order valence-electron chi connectivity index (χ4n) is 4.39. The van der Waals surface area contributed by atoms with Crippen LogP contribution in [0.15, 0.2) is 72.8 Å². The van der Waals surface area contributed by atoms with Crippen LogP contribution in [-0.2, 0) is 13.0 Å². The first kappa shape index (κ1) is 25.0. The smallest absolute Gasteiger partial charge is 0.252 e. The second-order valence-corrected chi connectivity index (χ2v) is 9.61. The lowest BCUT2D eigenvalue weighted by Gasteiger charge is -2.12. The Kier molecular flexibility index (Phi) is 8.59. The second kappa shape index (κ2) is 12.0. The van der Waals surface area contributed by atoms with Gasteiger partial charge in [-0.05, 0) is 60.6 Å². The van der Waals surface area contributed by atoms with Crippen molar-refractivity contribution in [3.63, 3.8) is 0 Å². The Labute approximate surface area is 213 Å². The minimum atomic E-state index is -0.114. The fourth-order valence-corrected chi connectivity index (χ4v) is 4.61. The van der Waals surface area contributed by atoms with Crippen LogP contribution in [0, 0.1) is 0 Å². The van der Waals surface area contributed by atoms with E-state index in [2.05, 4.69) is 66.2 Å². The minimum absolute atomic E-state index is 0.114. The highest BCUT2D eigenvalue weighted by Crippen LogP contribution is 2.22. The third-order valence-electron chi connectivity index (χ3n) is 6.72. The number of aromatic nitrogens is 2. The molecule has 182 valence electrons. The van der Waals surface area contributed by atoms with Crippen LogP contribution < -0.4 is 5.32 Å². The standard InChI is InChI=1S/C30H34ClN3O/c1-3-22(2)24-18-16-23(17-19-24)21-34-28-14-9-8-13-27(28)33-29(34)15-5-4-10-20-32-30(35)25-11-6-7-12-26(25)31/h6-9,11-14,16-19,22H,3-5,10,15,20-21H2,1-2H3,(H,32,35). The SMILES string of the molecule is CCC(C)c1ccc(Cn2c(CCCCCNC(=O)c3ccccc3Cl)nc3ccccc32)cc1. The number of hydrogen-bond acceptors (Lipinski definition) is 2. The summed E-state index contributed by atoms with van der Waals surface area (Å²) in [6, 6.07) is 24.5. The van der Waals surface area contributed by atoms with Gasteiger partial charge in [-0.25, -0.2) is 4.98 Å². The lowest BCUT2D eigenvalue weighted by atomic mass is 9.97. The maximum atomic E-state index is 12.3. The molecule has 3 aromatic carbocycles. The quantitative estimate of drug-likeness (QED) is 0.224. The molecule has 0 fully saturated rings. The molecule has 4 nitrogen and oxygen atoms in total. The van der Waals surface area contributed by atoms with Crippen LogP contribution in [0.5, 0.6) is 0 Å². The molecule has 0 aliphatic heterocycles. The molecule has 1 atom stereocenters. The Bertz CT molecular complexity index is 1260. The van der Waals surface area contributed by atoms with E-state index in [9.17, 15) is 4.79 Å². The zero-order valence-corrected chi connectivity index (χ0v) is 21.4. The van der Waals surface area contributed by atoms with E-state index in [4.69, 9.17) is 16.6 Å². The molecule has 0 saturated carbocycles. The maximum Gasteiger partial charge on any atom is 0.252 e. The van der Waals surface area contributed by atoms with E-state index in [0.29, 0.717) is 23.0 Å². The number of imidazole rings is 1. The molecule has 0 radical (unpaired) electrons. The topological polar surface area (TPSA) is 46.9 Å². The third-order valence-corrected chi connectivity index (χ3v) is 7.05. The summed E-state index contributed by atoms with van der Waals surface area (Å²) in [5.74, 6) is 1.59. The van der Waals surface area contributed by atoms with E-state index >= 15 is 0 Å². The molecule has 1 aromatic heterocycles. The molecule has 0 saturated heterocycles. The number of halogens is 1. The van der Waals surface area contributed by atoms with Crippen molar-refractivity contribution in [3.8, 4) is 0 Å². The Morgan fingerprint density at radius 1 is 0.971 bits per heavy atom. The number of carbonyl (C=O) groups is 1. The van der Waals surface area contributed by atoms with Gasteiger partial charge in [-0.2, -0.15) is 0 Å². The highest BCUT2D eigenvalue weighted by molar-refractivity contribution is 6.33. The molecule has 5 heteroatoms. The van der Waals surface area contributed by atoms with Crippen LogP contribution in [0.25, 0.3) is 11.0 Å². The van der Waals surface area contributed by atoms with Gasteiger partial charge in [0.05, 0.1) is 21.6 Å². The van der Waals surface area contributed by atoms with E-state index in [1.807, 2.05) is 18.2 Å². The van der Waals surface area contributed by atoms with Crippen molar-refractivity contribution in [2.75, 3.05) is 6.54 Å². The summed E-state index contributed by atoms with van der Waals surface area (Å²) < 4.78 is 2.35. The van der Waals surface area contributed by atoms with Gasteiger partial charge in [0.1, 0.15) is 5.82 Å². The van der Waals surface area contributed by atoms with Gasteiger partial charge in [0, 0.05) is 19.5 Å². The number of nitrogens with zero attached hydrogens (tertiary/aromatic N) is 2. The Morgan fingerprint density at radius 2 is 1.71 bits per heavy atom. The highest BCUT2D eigenvalue weighted by atomic mass is 35.5. The summed E-state index contributed by atoms with van der Waals surface area (Å²) in [5, 5.41) is 3.46. The number of amides is 1. The van der Waals surface area contributed by atoms with Gasteiger partial charge in [-0.1, -0.05) is 80.4 Å². The second-order valence-electron chi connectivity index (χ2n) is 9.20. The lowest BCUT2D eigenvalue weighted by molar-refractivity contribution is 0.0953. The molecular formula is C30H34ClN3O. The van der Waals surface area contributed by atoms with Crippen LogP contribution in [-0.4, -0.2) is 22.0 Å². The van der Waals surface area contributed by atoms with Crippen LogP contribution in [0.2, 0.25) is 5.02 Å². The molecule has 0 aliphatic carbocycles. The van der Waals surface area contributed by atoms with Gasteiger partial charge < -0.3 is 9.88 Å². The van der Waals surface area contributed by atoms with Crippen molar-refractivity contribution in [2.45, 2.75) is 58.4 Å². The van der Waals surface area contributed by atoms with Crippen LogP contribution >= 0.6 is 11.6 Å². The first-order chi connectivity index (χ1) is 17.1. The molecule has 1 N–H and O–H groups in total.